The molecule has 0 saturated heterocycles. The number of carbonyl (C=O) groups is 2. The van der Waals surface area contributed by atoms with Crippen molar-refractivity contribution in [3.63, 3.8) is 0 Å². The van der Waals surface area contributed by atoms with Crippen LogP contribution < -0.4 is 14.8 Å². The fourth-order valence-electron chi connectivity index (χ4n) is 3.13. The van der Waals surface area contributed by atoms with Crippen molar-refractivity contribution in [2.75, 3.05) is 19.7 Å². The molecule has 0 spiro atoms. The van der Waals surface area contributed by atoms with E-state index in [2.05, 4.69) is 0 Å². The molecule has 0 saturated carbocycles. The van der Waals surface area contributed by atoms with Gasteiger partial charge in [0.1, 0.15) is 11.2 Å². The first-order valence-electron chi connectivity index (χ1n) is 9.94. The highest BCUT2D eigenvalue weighted by Gasteiger charge is 2.15. The summed E-state index contributed by atoms with van der Waals surface area (Å²) in [6.45, 7) is 6.64. The number of nitrogens with zero attached hydrogens (tertiary/aromatic N) is 2. The lowest BCUT2D eigenvalue weighted by molar-refractivity contribution is -0.135. The van der Waals surface area contributed by atoms with Gasteiger partial charge in [0.05, 0.1) is 22.2 Å². The minimum Gasteiger partial charge on any atom is -0.463 e. The minimum atomic E-state index is -0.556. The highest BCUT2D eigenvalue weighted by atomic mass is 35.5. The molecule has 2 aromatic heterocycles. The molecule has 0 bridgehead atoms. The SMILES string of the molecule is CCOC(=O)/C=c1/s/c(=C/c2sc3ccccc3c2Cl)c(=O)n1CC(=O)N(CC)CC. The summed E-state index contributed by atoms with van der Waals surface area (Å²) < 4.78 is 8.11. The van der Waals surface area contributed by atoms with Crippen molar-refractivity contribution in [3.05, 3.63) is 53.7 Å². The Kier molecular flexibility index (Phi) is 7.69. The fourth-order valence-corrected chi connectivity index (χ4v) is 5.65. The van der Waals surface area contributed by atoms with E-state index in [0.29, 0.717) is 27.3 Å². The molecule has 0 aliphatic carbocycles. The summed E-state index contributed by atoms with van der Waals surface area (Å²) in [5.74, 6) is -0.742. The van der Waals surface area contributed by atoms with E-state index in [4.69, 9.17) is 16.3 Å². The molecule has 3 rings (SSSR count). The second-order valence-electron chi connectivity index (χ2n) is 6.58. The smallest absolute Gasteiger partial charge is 0.333 e. The van der Waals surface area contributed by atoms with Crippen LogP contribution in [0.2, 0.25) is 5.02 Å². The largest absolute Gasteiger partial charge is 0.463 e. The Morgan fingerprint density at radius 3 is 2.52 bits per heavy atom. The number of hydrogen-bond acceptors (Lipinski definition) is 6. The first kappa shape index (κ1) is 23.2. The van der Waals surface area contributed by atoms with Gasteiger partial charge in [0.2, 0.25) is 5.91 Å². The maximum absolute atomic E-state index is 13.2. The summed E-state index contributed by atoms with van der Waals surface area (Å²) >= 11 is 9.15. The van der Waals surface area contributed by atoms with E-state index < -0.39 is 5.97 Å². The van der Waals surface area contributed by atoms with Crippen LogP contribution in [0.25, 0.3) is 22.2 Å². The van der Waals surface area contributed by atoms with E-state index in [-0.39, 0.29) is 24.6 Å². The Morgan fingerprint density at radius 1 is 1.16 bits per heavy atom. The highest BCUT2D eigenvalue weighted by molar-refractivity contribution is 7.20. The fraction of sp³-hybridized carbons (Fsp3) is 0.318. The number of fused-ring (bicyclic) bond motifs is 1. The van der Waals surface area contributed by atoms with E-state index in [1.807, 2.05) is 38.1 Å². The van der Waals surface area contributed by atoms with Crippen molar-refractivity contribution >= 4 is 68.4 Å². The van der Waals surface area contributed by atoms with Gasteiger partial charge in [-0.1, -0.05) is 29.8 Å². The normalized spacial score (nSPS) is 12.5. The van der Waals surface area contributed by atoms with Gasteiger partial charge < -0.3 is 9.64 Å². The van der Waals surface area contributed by atoms with Crippen molar-refractivity contribution in [3.8, 4) is 0 Å². The maximum Gasteiger partial charge on any atom is 0.333 e. The van der Waals surface area contributed by atoms with Gasteiger partial charge in [-0.05, 0) is 32.9 Å². The highest BCUT2D eigenvalue weighted by Crippen LogP contribution is 2.35. The number of carbonyl (C=O) groups excluding carboxylic acids is 2. The number of benzene rings is 1. The third-order valence-electron chi connectivity index (χ3n) is 4.70. The number of esters is 1. The predicted molar refractivity (Wildman–Crippen MR) is 127 cm³/mol. The van der Waals surface area contributed by atoms with Gasteiger partial charge in [-0.3, -0.25) is 14.2 Å². The molecular formula is C22H23ClN2O4S2. The number of thiazole rings is 1. The molecule has 6 nitrogen and oxygen atoms in total. The second kappa shape index (κ2) is 10.3. The van der Waals surface area contributed by atoms with E-state index in [0.717, 1.165) is 26.3 Å². The molecule has 31 heavy (non-hydrogen) atoms. The Bertz CT molecular complexity index is 1290. The van der Waals surface area contributed by atoms with Crippen LogP contribution >= 0.6 is 34.3 Å². The molecule has 0 radical (unpaired) electrons. The molecule has 1 amide bonds. The van der Waals surface area contributed by atoms with E-state index in [9.17, 15) is 14.4 Å². The molecule has 9 heteroatoms. The molecule has 1 aromatic carbocycles. The minimum absolute atomic E-state index is 0.143. The van der Waals surface area contributed by atoms with E-state index in [1.165, 1.54) is 22.0 Å². The first-order chi connectivity index (χ1) is 14.9. The molecular weight excluding hydrogens is 456 g/mol. The van der Waals surface area contributed by atoms with Gasteiger partial charge in [-0.2, -0.15) is 0 Å². The van der Waals surface area contributed by atoms with Crippen molar-refractivity contribution in [2.45, 2.75) is 27.3 Å². The topological polar surface area (TPSA) is 68.6 Å². The lowest BCUT2D eigenvalue weighted by Gasteiger charge is -2.18. The Balaban J connectivity index is 2.15. The van der Waals surface area contributed by atoms with Crippen LogP contribution in [0.4, 0.5) is 0 Å². The van der Waals surface area contributed by atoms with Crippen LogP contribution in [0.3, 0.4) is 0 Å². The van der Waals surface area contributed by atoms with Crippen molar-refractivity contribution < 1.29 is 14.3 Å². The lowest BCUT2D eigenvalue weighted by atomic mass is 10.2. The molecule has 0 unspecified atom stereocenters. The summed E-state index contributed by atoms with van der Waals surface area (Å²) in [7, 11) is 0. The zero-order valence-electron chi connectivity index (χ0n) is 17.5. The molecule has 0 aliphatic heterocycles. The van der Waals surface area contributed by atoms with Crippen LogP contribution in [0.15, 0.2) is 29.1 Å². The van der Waals surface area contributed by atoms with Crippen LogP contribution in [0.1, 0.15) is 25.6 Å². The molecule has 0 fully saturated rings. The monoisotopic (exact) mass is 478 g/mol. The van der Waals surface area contributed by atoms with E-state index >= 15 is 0 Å². The van der Waals surface area contributed by atoms with Gasteiger partial charge in [0.15, 0.2) is 0 Å². The number of amides is 1. The zero-order chi connectivity index (χ0) is 22.5. The van der Waals surface area contributed by atoms with E-state index in [1.54, 1.807) is 17.9 Å². The quantitative estimate of drug-likeness (QED) is 0.490. The van der Waals surface area contributed by atoms with Crippen LogP contribution in [0, 0.1) is 0 Å². The van der Waals surface area contributed by atoms with Crippen LogP contribution in [0.5, 0.6) is 0 Å². The maximum atomic E-state index is 13.2. The Labute approximate surface area is 192 Å². The molecule has 2 heterocycles. The summed E-state index contributed by atoms with van der Waals surface area (Å²) in [4.78, 5) is 40.2. The average molecular weight is 479 g/mol. The average Bonchev–Trinajstić information content (AvgIpc) is 3.21. The molecule has 3 aromatic rings. The third kappa shape index (κ3) is 5.08. The summed E-state index contributed by atoms with van der Waals surface area (Å²) in [5.41, 5.74) is -0.338. The molecule has 164 valence electrons. The molecule has 0 N–H and O–H groups in total. The number of rotatable bonds is 7. The summed E-state index contributed by atoms with van der Waals surface area (Å²) in [6.07, 6.45) is 2.98. The van der Waals surface area contributed by atoms with Crippen molar-refractivity contribution in [1.29, 1.82) is 0 Å². The number of thiophene rings is 1. The first-order valence-corrected chi connectivity index (χ1v) is 11.9. The van der Waals surface area contributed by atoms with Crippen molar-refractivity contribution in [2.24, 2.45) is 0 Å². The van der Waals surface area contributed by atoms with Crippen molar-refractivity contribution in [1.82, 2.24) is 9.47 Å². The Hall–Kier alpha value is -2.42. The third-order valence-corrected chi connectivity index (χ3v) is 7.39. The second-order valence-corrected chi connectivity index (χ2v) is 9.10. The van der Waals surface area contributed by atoms with Crippen LogP contribution in [-0.4, -0.2) is 41.0 Å². The van der Waals surface area contributed by atoms with Gasteiger partial charge in [0, 0.05) is 28.1 Å². The summed E-state index contributed by atoms with van der Waals surface area (Å²) in [5, 5.41) is 1.50. The Morgan fingerprint density at radius 2 is 1.87 bits per heavy atom. The number of halogens is 1. The predicted octanol–water partition coefficient (Wildman–Crippen LogP) is 2.82. The van der Waals surface area contributed by atoms with Gasteiger partial charge in [-0.25, -0.2) is 4.79 Å². The summed E-state index contributed by atoms with van der Waals surface area (Å²) in [6, 6.07) is 7.75. The standard InChI is InChI=1S/C22H23ClN2O4S2/c1-4-24(5-2)18(26)13-25-19(12-20(27)29-6-3)31-17(22(25)28)11-16-21(23)14-9-7-8-10-15(14)30-16/h7-12H,4-6,13H2,1-3H3/b17-11+,19-12+. The number of aromatic nitrogens is 1. The number of hydrogen-bond donors (Lipinski definition) is 0. The lowest BCUT2D eigenvalue weighted by Crippen LogP contribution is -2.40. The molecule has 0 atom stereocenters. The molecule has 0 aliphatic rings. The van der Waals surface area contributed by atoms with Gasteiger partial charge >= 0.3 is 5.97 Å². The number of likely N-dealkylation sites (N-methyl/N-ethyl adjacent to an activating group) is 1. The van der Waals surface area contributed by atoms with Gasteiger partial charge in [-0.15, -0.1) is 22.7 Å². The van der Waals surface area contributed by atoms with Gasteiger partial charge in [0.25, 0.3) is 5.56 Å². The van der Waals surface area contributed by atoms with Crippen LogP contribution in [-0.2, 0) is 20.9 Å². The number of ether oxygens (including phenoxy) is 1. The zero-order valence-corrected chi connectivity index (χ0v) is 19.9.